The van der Waals surface area contributed by atoms with Crippen LogP contribution in [0.4, 0.5) is 0 Å². The molecule has 0 saturated heterocycles. The third kappa shape index (κ3) is 13.3. The summed E-state index contributed by atoms with van der Waals surface area (Å²) in [4.78, 5) is 23.2. The van der Waals surface area contributed by atoms with Gasteiger partial charge in [-0.25, -0.2) is 0 Å². The minimum Gasteiger partial charge on any atom is -0.466 e. The molecule has 0 aliphatic heterocycles. The Kier molecular flexibility index (Phi) is 14.7. The molecule has 0 rings (SSSR count). The summed E-state index contributed by atoms with van der Waals surface area (Å²) in [5, 5.41) is 0. The number of unbranched alkanes of at least 4 members (excludes halogenated alkanes) is 2. The van der Waals surface area contributed by atoms with Gasteiger partial charge in [-0.3, -0.25) is 9.59 Å². The average Bonchev–Trinajstić information content (AvgIpc) is 2.58. The van der Waals surface area contributed by atoms with Crippen LogP contribution in [-0.2, 0) is 23.8 Å². The standard InChI is InChI=1S/C19H36O5/c1-5-7-10-17(6-2)15-24-19(21)12-9-8-11-18(20)23-14-13-16(3)22-4/h16-17H,5-15H2,1-4H3. The lowest BCUT2D eigenvalue weighted by Crippen LogP contribution is -2.14. The van der Waals surface area contributed by atoms with Crippen LogP contribution in [0.15, 0.2) is 0 Å². The Labute approximate surface area is 147 Å². The highest BCUT2D eigenvalue weighted by molar-refractivity contribution is 5.70. The number of rotatable bonds is 15. The van der Waals surface area contributed by atoms with Crippen molar-refractivity contribution >= 4 is 11.9 Å². The van der Waals surface area contributed by atoms with Gasteiger partial charge in [-0.15, -0.1) is 0 Å². The molecule has 5 nitrogen and oxygen atoms in total. The van der Waals surface area contributed by atoms with Crippen molar-refractivity contribution in [3.8, 4) is 0 Å². The first-order chi connectivity index (χ1) is 11.5. The predicted octanol–water partition coefficient (Wildman–Crippen LogP) is 4.27. The Morgan fingerprint density at radius 1 is 0.917 bits per heavy atom. The average molecular weight is 344 g/mol. The lowest BCUT2D eigenvalue weighted by Gasteiger charge is -2.14. The highest BCUT2D eigenvalue weighted by atomic mass is 16.5. The predicted molar refractivity (Wildman–Crippen MR) is 94.8 cm³/mol. The van der Waals surface area contributed by atoms with Crippen molar-refractivity contribution in [2.45, 2.75) is 84.7 Å². The molecule has 5 heteroatoms. The summed E-state index contributed by atoms with van der Waals surface area (Å²) >= 11 is 0. The Morgan fingerprint density at radius 3 is 2.08 bits per heavy atom. The minimum absolute atomic E-state index is 0.0943. The van der Waals surface area contributed by atoms with Crippen LogP contribution >= 0.6 is 0 Å². The molecule has 0 spiro atoms. The Bertz CT molecular complexity index is 330. The van der Waals surface area contributed by atoms with E-state index in [-0.39, 0.29) is 18.0 Å². The molecule has 0 aromatic carbocycles. The smallest absolute Gasteiger partial charge is 0.305 e. The van der Waals surface area contributed by atoms with E-state index in [0.717, 1.165) is 12.8 Å². The van der Waals surface area contributed by atoms with E-state index in [0.29, 0.717) is 51.2 Å². The number of carbonyl (C=O) groups is 2. The van der Waals surface area contributed by atoms with E-state index in [1.165, 1.54) is 12.8 Å². The monoisotopic (exact) mass is 344 g/mol. The lowest BCUT2D eigenvalue weighted by molar-refractivity contribution is -0.147. The van der Waals surface area contributed by atoms with E-state index < -0.39 is 0 Å². The molecule has 0 radical (unpaired) electrons. The summed E-state index contributed by atoms with van der Waals surface area (Å²) in [7, 11) is 1.64. The topological polar surface area (TPSA) is 61.8 Å². The third-order valence-corrected chi connectivity index (χ3v) is 4.22. The quantitative estimate of drug-likeness (QED) is 0.328. The normalized spacial score (nSPS) is 13.3. The van der Waals surface area contributed by atoms with Crippen LogP contribution in [0.5, 0.6) is 0 Å². The Balaban J connectivity index is 3.61. The molecule has 2 unspecified atom stereocenters. The maximum atomic E-state index is 11.7. The fourth-order valence-electron chi connectivity index (χ4n) is 2.25. The molecule has 24 heavy (non-hydrogen) atoms. The first kappa shape index (κ1) is 22.9. The molecule has 0 aromatic rings. The second-order valence-corrected chi connectivity index (χ2v) is 6.36. The van der Waals surface area contributed by atoms with Gasteiger partial charge < -0.3 is 14.2 Å². The third-order valence-electron chi connectivity index (χ3n) is 4.22. The van der Waals surface area contributed by atoms with Gasteiger partial charge in [-0.2, -0.15) is 0 Å². The van der Waals surface area contributed by atoms with Crippen molar-refractivity contribution in [2.24, 2.45) is 5.92 Å². The summed E-state index contributed by atoms with van der Waals surface area (Å²) in [6.45, 7) is 7.14. The maximum absolute atomic E-state index is 11.7. The number of hydrogen-bond acceptors (Lipinski definition) is 5. The zero-order chi connectivity index (χ0) is 18.2. The zero-order valence-corrected chi connectivity index (χ0v) is 16.0. The van der Waals surface area contributed by atoms with E-state index in [2.05, 4.69) is 13.8 Å². The Morgan fingerprint density at radius 2 is 1.54 bits per heavy atom. The van der Waals surface area contributed by atoms with Gasteiger partial charge >= 0.3 is 11.9 Å². The van der Waals surface area contributed by atoms with Gasteiger partial charge in [0, 0.05) is 26.4 Å². The van der Waals surface area contributed by atoms with Crippen molar-refractivity contribution in [3.05, 3.63) is 0 Å². The van der Waals surface area contributed by atoms with Crippen molar-refractivity contribution in [1.82, 2.24) is 0 Å². The van der Waals surface area contributed by atoms with Crippen LogP contribution in [0, 0.1) is 5.92 Å². The second-order valence-electron chi connectivity index (χ2n) is 6.36. The fraction of sp³-hybridized carbons (Fsp3) is 0.895. The Hall–Kier alpha value is -1.10. The molecule has 0 aromatic heterocycles. The molecular weight excluding hydrogens is 308 g/mol. The number of esters is 2. The van der Waals surface area contributed by atoms with E-state index >= 15 is 0 Å². The molecule has 0 heterocycles. The van der Waals surface area contributed by atoms with Crippen LogP contribution < -0.4 is 0 Å². The van der Waals surface area contributed by atoms with Gasteiger partial charge in [0.25, 0.3) is 0 Å². The van der Waals surface area contributed by atoms with Gasteiger partial charge in [-0.1, -0.05) is 33.1 Å². The molecule has 2 atom stereocenters. The van der Waals surface area contributed by atoms with Gasteiger partial charge in [0.15, 0.2) is 0 Å². The van der Waals surface area contributed by atoms with Crippen molar-refractivity contribution < 1.29 is 23.8 Å². The van der Waals surface area contributed by atoms with Crippen molar-refractivity contribution in [3.63, 3.8) is 0 Å². The van der Waals surface area contributed by atoms with Crippen molar-refractivity contribution in [2.75, 3.05) is 20.3 Å². The SMILES string of the molecule is CCCCC(CC)COC(=O)CCCCC(=O)OCCC(C)OC. The van der Waals surface area contributed by atoms with Crippen LogP contribution in [0.3, 0.4) is 0 Å². The molecule has 0 aliphatic rings. The molecule has 142 valence electrons. The number of hydrogen-bond donors (Lipinski definition) is 0. The molecule has 0 bridgehead atoms. The molecule has 0 fully saturated rings. The minimum atomic E-state index is -0.211. The van der Waals surface area contributed by atoms with Crippen LogP contribution in [0.25, 0.3) is 0 Å². The molecule has 0 saturated carbocycles. The summed E-state index contributed by atoms with van der Waals surface area (Å²) < 4.78 is 15.5. The number of carbonyl (C=O) groups excluding carboxylic acids is 2. The zero-order valence-electron chi connectivity index (χ0n) is 16.0. The highest BCUT2D eigenvalue weighted by Crippen LogP contribution is 2.13. The molecule has 0 aliphatic carbocycles. The van der Waals surface area contributed by atoms with Gasteiger partial charge in [0.05, 0.1) is 19.3 Å². The summed E-state index contributed by atoms with van der Waals surface area (Å²) in [5.74, 6) is 0.0999. The maximum Gasteiger partial charge on any atom is 0.305 e. The van der Waals surface area contributed by atoms with Crippen molar-refractivity contribution in [1.29, 1.82) is 0 Å². The first-order valence-electron chi connectivity index (χ1n) is 9.37. The van der Waals surface area contributed by atoms with E-state index in [1.807, 2.05) is 6.92 Å². The van der Waals surface area contributed by atoms with E-state index in [4.69, 9.17) is 14.2 Å². The number of methoxy groups -OCH3 is 1. The molecule has 0 amide bonds. The van der Waals surface area contributed by atoms with Gasteiger partial charge in [0.1, 0.15) is 0 Å². The highest BCUT2D eigenvalue weighted by Gasteiger charge is 2.11. The summed E-state index contributed by atoms with van der Waals surface area (Å²) in [5.41, 5.74) is 0. The lowest BCUT2D eigenvalue weighted by atomic mass is 10.0. The molecule has 0 N–H and O–H groups in total. The fourth-order valence-corrected chi connectivity index (χ4v) is 2.25. The van der Waals surface area contributed by atoms with Crippen LogP contribution in [-0.4, -0.2) is 38.4 Å². The summed E-state index contributed by atoms with van der Waals surface area (Å²) in [6.07, 6.45) is 7.35. The first-order valence-corrected chi connectivity index (χ1v) is 9.37. The van der Waals surface area contributed by atoms with Gasteiger partial charge in [-0.05, 0) is 32.1 Å². The van der Waals surface area contributed by atoms with Crippen LogP contribution in [0.1, 0.15) is 78.6 Å². The number of ether oxygens (including phenoxy) is 3. The van der Waals surface area contributed by atoms with E-state index in [9.17, 15) is 9.59 Å². The molecular formula is C19H36O5. The van der Waals surface area contributed by atoms with Crippen LogP contribution in [0.2, 0.25) is 0 Å². The van der Waals surface area contributed by atoms with E-state index in [1.54, 1.807) is 7.11 Å². The summed E-state index contributed by atoms with van der Waals surface area (Å²) in [6, 6.07) is 0. The largest absolute Gasteiger partial charge is 0.466 e. The van der Waals surface area contributed by atoms with Gasteiger partial charge in [0.2, 0.25) is 0 Å². The second kappa shape index (κ2) is 15.4.